The monoisotopic (exact) mass is 353 g/mol. The van der Waals surface area contributed by atoms with Crippen LogP contribution in [-0.2, 0) is 11.2 Å². The van der Waals surface area contributed by atoms with E-state index in [4.69, 9.17) is 4.74 Å². The molecule has 1 fully saturated rings. The molecule has 0 spiro atoms. The maximum absolute atomic E-state index is 12.1. The predicted octanol–water partition coefficient (Wildman–Crippen LogP) is 4.09. The minimum atomic E-state index is 0.155. The van der Waals surface area contributed by atoms with Crippen LogP contribution in [0.15, 0.2) is 22.7 Å². The van der Waals surface area contributed by atoms with E-state index in [1.54, 1.807) is 7.11 Å². The molecule has 4 heteroatoms. The first-order valence-corrected chi connectivity index (χ1v) is 8.33. The lowest BCUT2D eigenvalue weighted by Gasteiger charge is -2.27. The summed E-state index contributed by atoms with van der Waals surface area (Å²) in [5, 5.41) is 3.20. The Morgan fingerprint density at radius 3 is 2.81 bits per heavy atom. The van der Waals surface area contributed by atoms with Crippen LogP contribution in [0.2, 0.25) is 0 Å². The number of aryl methyl sites for hydroxylation is 1. The fourth-order valence-electron chi connectivity index (χ4n) is 2.98. The SMILES string of the molecule is COc1ccc(CCC(=O)N[C@@H]2CCCC2(C)C)cc1Br. The number of ether oxygens (including phenoxy) is 1. The van der Waals surface area contributed by atoms with Crippen molar-refractivity contribution in [2.75, 3.05) is 7.11 Å². The number of methoxy groups -OCH3 is 1. The highest BCUT2D eigenvalue weighted by Crippen LogP contribution is 2.37. The van der Waals surface area contributed by atoms with Crippen LogP contribution < -0.4 is 10.1 Å². The van der Waals surface area contributed by atoms with Gasteiger partial charge in [0.2, 0.25) is 5.91 Å². The second kappa shape index (κ2) is 6.82. The predicted molar refractivity (Wildman–Crippen MR) is 88.6 cm³/mol. The van der Waals surface area contributed by atoms with E-state index in [1.165, 1.54) is 12.8 Å². The van der Waals surface area contributed by atoms with Crippen LogP contribution >= 0.6 is 15.9 Å². The third-order valence-corrected chi connectivity index (χ3v) is 5.07. The lowest BCUT2D eigenvalue weighted by atomic mass is 9.87. The van der Waals surface area contributed by atoms with Crippen molar-refractivity contribution in [3.63, 3.8) is 0 Å². The molecule has 21 heavy (non-hydrogen) atoms. The van der Waals surface area contributed by atoms with E-state index < -0.39 is 0 Å². The molecule has 0 unspecified atom stereocenters. The summed E-state index contributed by atoms with van der Waals surface area (Å²) in [5.74, 6) is 0.970. The Bertz CT molecular complexity index is 514. The summed E-state index contributed by atoms with van der Waals surface area (Å²) in [6, 6.07) is 6.28. The molecular formula is C17H24BrNO2. The number of nitrogens with one attached hydrogen (secondary N) is 1. The molecule has 1 saturated carbocycles. The van der Waals surface area contributed by atoms with E-state index in [-0.39, 0.29) is 11.3 Å². The van der Waals surface area contributed by atoms with Gasteiger partial charge in [0.1, 0.15) is 5.75 Å². The van der Waals surface area contributed by atoms with Crippen LogP contribution in [0.1, 0.15) is 45.1 Å². The minimum Gasteiger partial charge on any atom is -0.496 e. The number of rotatable bonds is 5. The van der Waals surface area contributed by atoms with Gasteiger partial charge in [0.25, 0.3) is 0 Å². The van der Waals surface area contributed by atoms with E-state index in [2.05, 4.69) is 35.1 Å². The third-order valence-electron chi connectivity index (χ3n) is 4.45. The second-order valence-electron chi connectivity index (χ2n) is 6.47. The molecule has 1 amide bonds. The van der Waals surface area contributed by atoms with Crippen molar-refractivity contribution in [1.29, 1.82) is 0 Å². The van der Waals surface area contributed by atoms with Crippen LogP contribution in [-0.4, -0.2) is 19.1 Å². The summed E-state index contributed by atoms with van der Waals surface area (Å²) in [5.41, 5.74) is 1.38. The zero-order chi connectivity index (χ0) is 15.5. The van der Waals surface area contributed by atoms with Crippen LogP contribution in [0.3, 0.4) is 0 Å². The number of amides is 1. The first-order chi connectivity index (χ1) is 9.92. The molecule has 1 N–H and O–H groups in total. The highest BCUT2D eigenvalue weighted by Gasteiger charge is 2.35. The highest BCUT2D eigenvalue weighted by atomic mass is 79.9. The molecule has 3 nitrogen and oxygen atoms in total. The van der Waals surface area contributed by atoms with Crippen molar-refractivity contribution in [3.8, 4) is 5.75 Å². The van der Waals surface area contributed by atoms with Gasteiger partial charge in [-0.15, -0.1) is 0 Å². The molecule has 0 aromatic heterocycles. The van der Waals surface area contributed by atoms with Crippen molar-refractivity contribution in [1.82, 2.24) is 5.32 Å². The smallest absolute Gasteiger partial charge is 0.220 e. The molecular weight excluding hydrogens is 330 g/mol. The summed E-state index contributed by atoms with van der Waals surface area (Å²) in [6.45, 7) is 4.48. The summed E-state index contributed by atoms with van der Waals surface area (Å²) in [6.07, 6.45) is 4.80. The maximum Gasteiger partial charge on any atom is 0.220 e. The molecule has 1 atom stereocenters. The van der Waals surface area contributed by atoms with E-state index >= 15 is 0 Å². The summed E-state index contributed by atoms with van der Waals surface area (Å²) in [7, 11) is 1.65. The number of carbonyl (C=O) groups excluding carboxylic acids is 1. The normalized spacial score (nSPS) is 20.3. The average molecular weight is 354 g/mol. The number of hydrogen-bond donors (Lipinski definition) is 1. The van der Waals surface area contributed by atoms with E-state index in [9.17, 15) is 4.79 Å². The van der Waals surface area contributed by atoms with E-state index in [1.807, 2.05) is 18.2 Å². The fraction of sp³-hybridized carbons (Fsp3) is 0.588. The summed E-state index contributed by atoms with van der Waals surface area (Å²) >= 11 is 3.47. The number of halogens is 1. The lowest BCUT2D eigenvalue weighted by Crippen LogP contribution is -2.41. The van der Waals surface area contributed by atoms with Gasteiger partial charge in [-0.05, 0) is 58.3 Å². The molecule has 0 saturated heterocycles. The van der Waals surface area contributed by atoms with Gasteiger partial charge >= 0.3 is 0 Å². The second-order valence-corrected chi connectivity index (χ2v) is 7.32. The molecule has 0 aliphatic heterocycles. The molecule has 1 aliphatic carbocycles. The zero-order valence-electron chi connectivity index (χ0n) is 13.0. The quantitative estimate of drug-likeness (QED) is 0.865. The van der Waals surface area contributed by atoms with E-state index in [0.717, 1.165) is 28.6 Å². The largest absolute Gasteiger partial charge is 0.496 e. The van der Waals surface area contributed by atoms with Gasteiger partial charge in [-0.25, -0.2) is 0 Å². The number of benzene rings is 1. The van der Waals surface area contributed by atoms with Crippen molar-refractivity contribution >= 4 is 21.8 Å². The van der Waals surface area contributed by atoms with Crippen molar-refractivity contribution in [2.45, 2.75) is 52.0 Å². The molecule has 0 heterocycles. The van der Waals surface area contributed by atoms with E-state index in [0.29, 0.717) is 12.5 Å². The van der Waals surface area contributed by atoms with Crippen molar-refractivity contribution in [2.24, 2.45) is 5.41 Å². The maximum atomic E-state index is 12.1. The van der Waals surface area contributed by atoms with Gasteiger partial charge in [0.15, 0.2) is 0 Å². The summed E-state index contributed by atoms with van der Waals surface area (Å²) < 4.78 is 6.14. The standard InChI is InChI=1S/C17H24BrNO2/c1-17(2)10-4-5-15(17)19-16(20)9-7-12-6-8-14(21-3)13(18)11-12/h6,8,11,15H,4-5,7,9-10H2,1-3H3,(H,19,20)/t15-/m1/s1. The molecule has 0 bridgehead atoms. The Labute approximate surface area is 135 Å². The molecule has 0 radical (unpaired) electrons. The molecule has 1 aliphatic rings. The first kappa shape index (κ1) is 16.3. The Balaban J connectivity index is 1.85. The lowest BCUT2D eigenvalue weighted by molar-refractivity contribution is -0.122. The van der Waals surface area contributed by atoms with Crippen molar-refractivity contribution in [3.05, 3.63) is 28.2 Å². The van der Waals surface area contributed by atoms with Gasteiger partial charge in [-0.1, -0.05) is 26.3 Å². The molecule has 116 valence electrons. The number of hydrogen-bond acceptors (Lipinski definition) is 2. The number of carbonyl (C=O) groups is 1. The fourth-order valence-corrected chi connectivity index (χ4v) is 3.57. The van der Waals surface area contributed by atoms with Gasteiger partial charge in [-0.2, -0.15) is 0 Å². The Morgan fingerprint density at radius 1 is 1.48 bits per heavy atom. The minimum absolute atomic E-state index is 0.155. The average Bonchev–Trinajstić information content (AvgIpc) is 2.76. The Morgan fingerprint density at radius 2 is 2.24 bits per heavy atom. The van der Waals surface area contributed by atoms with Crippen molar-refractivity contribution < 1.29 is 9.53 Å². The first-order valence-electron chi connectivity index (χ1n) is 7.54. The Kier molecular flexibility index (Phi) is 5.31. The zero-order valence-corrected chi connectivity index (χ0v) is 14.6. The Hall–Kier alpha value is -1.03. The van der Waals surface area contributed by atoms with Crippen LogP contribution in [0.5, 0.6) is 5.75 Å². The van der Waals surface area contributed by atoms with Gasteiger partial charge in [0, 0.05) is 12.5 Å². The molecule has 1 aromatic carbocycles. The highest BCUT2D eigenvalue weighted by molar-refractivity contribution is 9.10. The summed E-state index contributed by atoms with van der Waals surface area (Å²) in [4.78, 5) is 12.1. The van der Waals surface area contributed by atoms with Crippen LogP contribution in [0.25, 0.3) is 0 Å². The topological polar surface area (TPSA) is 38.3 Å². The van der Waals surface area contributed by atoms with Gasteiger partial charge < -0.3 is 10.1 Å². The van der Waals surface area contributed by atoms with Gasteiger partial charge in [-0.3, -0.25) is 4.79 Å². The van der Waals surface area contributed by atoms with Crippen LogP contribution in [0.4, 0.5) is 0 Å². The molecule has 1 aromatic rings. The van der Waals surface area contributed by atoms with Crippen LogP contribution in [0, 0.1) is 5.41 Å². The third kappa shape index (κ3) is 4.22. The molecule has 2 rings (SSSR count). The van der Waals surface area contributed by atoms with Gasteiger partial charge in [0.05, 0.1) is 11.6 Å².